The molecule has 0 radical (unpaired) electrons. The zero-order valence-electron chi connectivity index (χ0n) is 19.0. The van der Waals surface area contributed by atoms with Crippen molar-refractivity contribution in [3.8, 4) is 23.3 Å². The predicted molar refractivity (Wildman–Crippen MR) is 128 cm³/mol. The molecule has 1 N–H and O–H groups in total. The standard InChI is InChI=1S/C26H25N3O5/c1-4-7-20-8-5-6-9-22(20)32-12-13-33-23-11-10-19(16-24(23)31-3)15-21(17-27)26(30)28-25-14-18(2)34-29-25/h4-6,8-11,14-16H,1,7,12-13H2,2-3H3,(H,28,29,30)/b21-15-. The van der Waals surface area contributed by atoms with Crippen LogP contribution in [0.3, 0.4) is 0 Å². The van der Waals surface area contributed by atoms with Gasteiger partial charge in [0.25, 0.3) is 5.91 Å². The van der Waals surface area contributed by atoms with Crippen LogP contribution in [0.5, 0.6) is 17.2 Å². The number of aromatic nitrogens is 1. The number of amides is 1. The van der Waals surface area contributed by atoms with Crippen LogP contribution < -0.4 is 19.5 Å². The van der Waals surface area contributed by atoms with E-state index in [0.717, 1.165) is 17.7 Å². The number of carbonyl (C=O) groups excluding carboxylic acids is 1. The van der Waals surface area contributed by atoms with Crippen LogP contribution >= 0.6 is 0 Å². The van der Waals surface area contributed by atoms with Crippen LogP contribution in [0.1, 0.15) is 16.9 Å². The smallest absolute Gasteiger partial charge is 0.267 e. The van der Waals surface area contributed by atoms with Crippen molar-refractivity contribution in [2.24, 2.45) is 0 Å². The van der Waals surface area contributed by atoms with Gasteiger partial charge in [0.15, 0.2) is 17.3 Å². The van der Waals surface area contributed by atoms with E-state index in [9.17, 15) is 10.1 Å². The Labute approximate surface area is 198 Å². The number of allylic oxidation sites excluding steroid dienone is 1. The maximum absolute atomic E-state index is 12.4. The Hall–Kier alpha value is -4.51. The molecule has 0 aliphatic heterocycles. The van der Waals surface area contributed by atoms with Gasteiger partial charge in [-0.2, -0.15) is 5.26 Å². The maximum atomic E-state index is 12.4. The number of ether oxygens (including phenoxy) is 3. The Kier molecular flexibility index (Phi) is 8.47. The third-order valence-corrected chi connectivity index (χ3v) is 4.67. The van der Waals surface area contributed by atoms with Crippen LogP contribution in [0.25, 0.3) is 6.08 Å². The lowest BCUT2D eigenvalue weighted by Crippen LogP contribution is -2.13. The highest BCUT2D eigenvalue weighted by atomic mass is 16.5. The van der Waals surface area contributed by atoms with Gasteiger partial charge in [0.05, 0.1) is 7.11 Å². The maximum Gasteiger partial charge on any atom is 0.267 e. The van der Waals surface area contributed by atoms with Crippen molar-refractivity contribution < 1.29 is 23.5 Å². The first kappa shape index (κ1) is 24.1. The fourth-order valence-corrected chi connectivity index (χ4v) is 3.09. The number of hydrogen-bond acceptors (Lipinski definition) is 7. The van der Waals surface area contributed by atoms with Gasteiger partial charge in [-0.3, -0.25) is 4.79 Å². The van der Waals surface area contributed by atoms with Gasteiger partial charge in [0.1, 0.15) is 36.4 Å². The number of nitriles is 1. The van der Waals surface area contributed by atoms with E-state index in [-0.39, 0.29) is 11.4 Å². The molecule has 0 fully saturated rings. The number of hydrogen-bond donors (Lipinski definition) is 1. The van der Waals surface area contributed by atoms with E-state index >= 15 is 0 Å². The highest BCUT2D eigenvalue weighted by molar-refractivity contribution is 6.09. The molecule has 34 heavy (non-hydrogen) atoms. The number of benzene rings is 2. The molecule has 8 heteroatoms. The highest BCUT2D eigenvalue weighted by Gasteiger charge is 2.13. The molecule has 8 nitrogen and oxygen atoms in total. The molecule has 3 aromatic rings. The van der Waals surface area contributed by atoms with Crippen LogP contribution in [-0.4, -0.2) is 31.4 Å². The molecule has 0 spiro atoms. The van der Waals surface area contributed by atoms with E-state index in [1.165, 1.54) is 13.2 Å². The average molecular weight is 460 g/mol. The third-order valence-electron chi connectivity index (χ3n) is 4.67. The lowest BCUT2D eigenvalue weighted by atomic mass is 10.1. The Morgan fingerprint density at radius 2 is 1.91 bits per heavy atom. The molecule has 0 aliphatic carbocycles. The molecule has 0 atom stereocenters. The average Bonchev–Trinajstić information content (AvgIpc) is 3.26. The quantitative estimate of drug-likeness (QED) is 0.191. The zero-order valence-corrected chi connectivity index (χ0v) is 19.0. The monoisotopic (exact) mass is 459 g/mol. The summed E-state index contributed by atoms with van der Waals surface area (Å²) in [5, 5.41) is 15.6. The van der Waals surface area contributed by atoms with Gasteiger partial charge in [-0.25, -0.2) is 0 Å². The second-order valence-corrected chi connectivity index (χ2v) is 7.15. The Bertz CT molecular complexity index is 1220. The summed E-state index contributed by atoms with van der Waals surface area (Å²) in [6, 6.07) is 16.4. The summed E-state index contributed by atoms with van der Waals surface area (Å²) in [7, 11) is 1.52. The van der Waals surface area contributed by atoms with Gasteiger partial charge >= 0.3 is 0 Å². The number of rotatable bonds is 11. The number of methoxy groups -OCH3 is 1. The first-order valence-electron chi connectivity index (χ1n) is 10.5. The first-order valence-corrected chi connectivity index (χ1v) is 10.5. The Morgan fingerprint density at radius 3 is 2.59 bits per heavy atom. The second-order valence-electron chi connectivity index (χ2n) is 7.15. The van der Waals surface area contributed by atoms with Crippen molar-refractivity contribution in [3.05, 3.63) is 83.6 Å². The lowest BCUT2D eigenvalue weighted by molar-refractivity contribution is -0.112. The fourth-order valence-electron chi connectivity index (χ4n) is 3.09. The minimum Gasteiger partial charge on any atom is -0.493 e. The van der Waals surface area contributed by atoms with Crippen molar-refractivity contribution in [2.75, 3.05) is 25.6 Å². The highest BCUT2D eigenvalue weighted by Crippen LogP contribution is 2.29. The van der Waals surface area contributed by atoms with Crippen molar-refractivity contribution in [2.45, 2.75) is 13.3 Å². The normalized spacial score (nSPS) is 10.8. The van der Waals surface area contributed by atoms with Gasteiger partial charge in [-0.1, -0.05) is 35.5 Å². The number of anilines is 1. The summed E-state index contributed by atoms with van der Waals surface area (Å²) in [6.45, 7) is 6.12. The van der Waals surface area contributed by atoms with E-state index in [2.05, 4.69) is 17.1 Å². The molecule has 174 valence electrons. The van der Waals surface area contributed by atoms with Gasteiger partial charge < -0.3 is 24.1 Å². The molecule has 0 saturated carbocycles. The van der Waals surface area contributed by atoms with Crippen LogP contribution in [0, 0.1) is 18.3 Å². The van der Waals surface area contributed by atoms with Gasteiger partial charge in [-0.05, 0) is 48.7 Å². The third kappa shape index (κ3) is 6.50. The SMILES string of the molecule is C=CCc1ccccc1OCCOc1ccc(/C=C(/C#N)C(=O)Nc2cc(C)on2)cc1OC. The largest absolute Gasteiger partial charge is 0.493 e. The molecule has 1 heterocycles. The van der Waals surface area contributed by atoms with Crippen molar-refractivity contribution in [3.63, 3.8) is 0 Å². The number of nitrogens with zero attached hydrogens (tertiary/aromatic N) is 2. The molecule has 0 saturated heterocycles. The lowest BCUT2D eigenvalue weighted by Gasteiger charge is -2.13. The number of carbonyl (C=O) groups is 1. The van der Waals surface area contributed by atoms with E-state index in [0.29, 0.717) is 36.0 Å². The van der Waals surface area contributed by atoms with Crippen LogP contribution in [0.4, 0.5) is 5.82 Å². The van der Waals surface area contributed by atoms with Crippen molar-refractivity contribution in [1.29, 1.82) is 5.26 Å². The summed E-state index contributed by atoms with van der Waals surface area (Å²) in [5.41, 5.74) is 1.56. The topological polar surface area (TPSA) is 107 Å². The molecule has 2 aromatic carbocycles. The Balaban J connectivity index is 1.62. The van der Waals surface area contributed by atoms with Gasteiger partial charge in [0.2, 0.25) is 0 Å². The summed E-state index contributed by atoms with van der Waals surface area (Å²) in [6.07, 6.45) is 4.01. The van der Waals surface area contributed by atoms with Gasteiger partial charge in [-0.15, -0.1) is 6.58 Å². The summed E-state index contributed by atoms with van der Waals surface area (Å²) in [5.74, 6) is 1.96. The molecule has 0 unspecified atom stereocenters. The molecule has 0 bridgehead atoms. The van der Waals surface area contributed by atoms with E-state index in [1.807, 2.05) is 36.4 Å². The van der Waals surface area contributed by atoms with Crippen LogP contribution in [-0.2, 0) is 11.2 Å². The van der Waals surface area contributed by atoms with E-state index in [4.69, 9.17) is 18.7 Å². The van der Waals surface area contributed by atoms with Crippen molar-refractivity contribution >= 4 is 17.8 Å². The summed E-state index contributed by atoms with van der Waals surface area (Å²) >= 11 is 0. The molecule has 1 aromatic heterocycles. The minimum atomic E-state index is -0.594. The number of nitrogens with one attached hydrogen (secondary N) is 1. The fraction of sp³-hybridized carbons (Fsp3) is 0.192. The molecule has 0 aliphatic rings. The minimum absolute atomic E-state index is 0.0945. The molecule has 1 amide bonds. The Morgan fingerprint density at radius 1 is 1.15 bits per heavy atom. The van der Waals surface area contributed by atoms with Crippen molar-refractivity contribution in [1.82, 2.24) is 5.16 Å². The first-order chi connectivity index (χ1) is 16.5. The van der Waals surface area contributed by atoms with Gasteiger partial charge in [0, 0.05) is 6.07 Å². The zero-order chi connectivity index (χ0) is 24.3. The van der Waals surface area contributed by atoms with E-state index < -0.39 is 5.91 Å². The number of para-hydroxylation sites is 1. The van der Waals surface area contributed by atoms with Crippen LogP contribution in [0.2, 0.25) is 0 Å². The molecular weight excluding hydrogens is 434 g/mol. The summed E-state index contributed by atoms with van der Waals surface area (Å²) in [4.78, 5) is 12.4. The van der Waals surface area contributed by atoms with Crippen LogP contribution in [0.15, 0.2) is 71.3 Å². The molecule has 3 rings (SSSR count). The second kappa shape index (κ2) is 11.9. The number of aryl methyl sites for hydroxylation is 1. The molecular formula is C26H25N3O5. The predicted octanol–water partition coefficient (Wildman–Crippen LogP) is 4.72. The van der Waals surface area contributed by atoms with E-state index in [1.54, 1.807) is 31.2 Å². The summed E-state index contributed by atoms with van der Waals surface area (Å²) < 4.78 is 22.0.